The third-order valence-electron chi connectivity index (χ3n) is 2.67. The first kappa shape index (κ1) is 11.4. The minimum Gasteiger partial charge on any atom is -0.393 e. The smallest absolute Gasteiger partial charge is 0.240 e. The molecule has 0 heterocycles. The van der Waals surface area contributed by atoms with Gasteiger partial charge in [-0.3, -0.25) is 0 Å². The lowest BCUT2D eigenvalue weighted by Crippen LogP contribution is -2.39. The Hall–Kier alpha value is -1.11. The predicted molar refractivity (Wildman–Crippen MR) is 60.5 cm³/mol. The van der Waals surface area contributed by atoms with Crippen LogP contribution in [0.5, 0.6) is 0 Å². The molecule has 0 aliphatic heterocycles. The first-order valence-corrected chi connectivity index (χ1v) is 6.58. The van der Waals surface area contributed by atoms with Gasteiger partial charge in [-0.25, -0.2) is 13.6 Å². The van der Waals surface area contributed by atoms with Crippen LogP contribution in [-0.2, 0) is 10.0 Å². The molecule has 5 nitrogen and oxygen atoms in total. The average Bonchev–Trinajstić information content (AvgIpc) is 2.14. The number of para-hydroxylation sites is 1. The summed E-state index contributed by atoms with van der Waals surface area (Å²) in [6, 6.07) is 6.63. The van der Waals surface area contributed by atoms with E-state index in [0.717, 1.165) is 0 Å². The van der Waals surface area contributed by atoms with Gasteiger partial charge in [0, 0.05) is 6.04 Å². The SMILES string of the molecule is NS(=O)(=O)c1ccccc1NC1CC(O)C1. The number of aliphatic hydroxyl groups excluding tert-OH is 1. The average molecular weight is 242 g/mol. The van der Waals surface area contributed by atoms with E-state index >= 15 is 0 Å². The highest BCUT2D eigenvalue weighted by atomic mass is 32.2. The zero-order valence-corrected chi connectivity index (χ0v) is 9.44. The largest absolute Gasteiger partial charge is 0.393 e. The molecule has 0 unspecified atom stereocenters. The maximum Gasteiger partial charge on any atom is 0.240 e. The molecule has 1 aliphatic carbocycles. The molecule has 16 heavy (non-hydrogen) atoms. The summed E-state index contributed by atoms with van der Waals surface area (Å²) in [4.78, 5) is 0.0939. The van der Waals surface area contributed by atoms with Gasteiger partial charge in [0.15, 0.2) is 0 Å². The predicted octanol–water partition coefficient (Wildman–Crippen LogP) is 0.269. The monoisotopic (exact) mass is 242 g/mol. The summed E-state index contributed by atoms with van der Waals surface area (Å²) >= 11 is 0. The van der Waals surface area contributed by atoms with Crippen molar-refractivity contribution < 1.29 is 13.5 Å². The summed E-state index contributed by atoms with van der Waals surface area (Å²) in [5.41, 5.74) is 0.502. The van der Waals surface area contributed by atoms with E-state index in [2.05, 4.69) is 5.32 Å². The fraction of sp³-hybridized carbons (Fsp3) is 0.400. The number of aliphatic hydroxyl groups is 1. The van der Waals surface area contributed by atoms with E-state index < -0.39 is 10.0 Å². The van der Waals surface area contributed by atoms with Crippen molar-refractivity contribution in [2.45, 2.75) is 29.9 Å². The van der Waals surface area contributed by atoms with Crippen LogP contribution in [0.3, 0.4) is 0 Å². The van der Waals surface area contributed by atoms with Gasteiger partial charge in [-0.2, -0.15) is 0 Å². The van der Waals surface area contributed by atoms with Gasteiger partial charge < -0.3 is 10.4 Å². The molecule has 0 radical (unpaired) electrons. The van der Waals surface area contributed by atoms with E-state index in [0.29, 0.717) is 18.5 Å². The fourth-order valence-corrected chi connectivity index (χ4v) is 2.46. The molecule has 0 amide bonds. The maximum absolute atomic E-state index is 11.3. The molecular weight excluding hydrogens is 228 g/mol. The van der Waals surface area contributed by atoms with Crippen molar-refractivity contribution in [3.63, 3.8) is 0 Å². The first-order chi connectivity index (χ1) is 7.47. The fourth-order valence-electron chi connectivity index (χ4n) is 1.76. The molecule has 0 aromatic heterocycles. The molecule has 1 fully saturated rings. The van der Waals surface area contributed by atoms with E-state index in [1.165, 1.54) is 6.07 Å². The van der Waals surface area contributed by atoms with E-state index in [9.17, 15) is 8.42 Å². The highest BCUT2D eigenvalue weighted by molar-refractivity contribution is 7.89. The Balaban J connectivity index is 2.21. The van der Waals surface area contributed by atoms with Crippen molar-refractivity contribution in [1.29, 1.82) is 0 Å². The van der Waals surface area contributed by atoms with E-state index in [4.69, 9.17) is 10.2 Å². The second kappa shape index (κ2) is 4.04. The normalized spacial score (nSPS) is 24.9. The lowest BCUT2D eigenvalue weighted by Gasteiger charge is -2.33. The Bertz CT molecular complexity index is 481. The quantitative estimate of drug-likeness (QED) is 0.709. The number of hydrogen-bond donors (Lipinski definition) is 3. The van der Waals surface area contributed by atoms with Gasteiger partial charge in [-0.05, 0) is 25.0 Å². The van der Waals surface area contributed by atoms with Crippen molar-refractivity contribution >= 4 is 15.7 Å². The van der Waals surface area contributed by atoms with Crippen LogP contribution in [0, 0.1) is 0 Å². The molecule has 1 saturated carbocycles. The van der Waals surface area contributed by atoms with Crippen molar-refractivity contribution in [3.05, 3.63) is 24.3 Å². The second-order valence-electron chi connectivity index (χ2n) is 4.01. The molecule has 0 bridgehead atoms. The molecule has 0 saturated heterocycles. The number of benzene rings is 1. The molecule has 1 aliphatic rings. The minimum atomic E-state index is -3.70. The summed E-state index contributed by atoms with van der Waals surface area (Å²) in [5, 5.41) is 17.3. The summed E-state index contributed by atoms with van der Waals surface area (Å²) < 4.78 is 22.6. The van der Waals surface area contributed by atoms with Crippen LogP contribution in [-0.4, -0.2) is 25.7 Å². The molecule has 1 aromatic rings. The number of sulfonamides is 1. The van der Waals surface area contributed by atoms with Gasteiger partial charge in [0.05, 0.1) is 11.8 Å². The van der Waals surface area contributed by atoms with Gasteiger partial charge in [-0.1, -0.05) is 12.1 Å². The standard InChI is InChI=1S/C10H14N2O3S/c11-16(14,15)10-4-2-1-3-9(10)12-7-5-8(13)6-7/h1-4,7-8,12-13H,5-6H2,(H2,11,14,15). The third-order valence-corrected chi connectivity index (χ3v) is 3.64. The zero-order chi connectivity index (χ0) is 11.8. The molecule has 4 N–H and O–H groups in total. The van der Waals surface area contributed by atoms with Crippen LogP contribution in [0.4, 0.5) is 5.69 Å². The Labute approximate surface area is 94.3 Å². The first-order valence-electron chi connectivity index (χ1n) is 5.03. The number of anilines is 1. The Kier molecular flexibility index (Phi) is 2.88. The van der Waals surface area contributed by atoms with E-state index in [1.54, 1.807) is 18.2 Å². The summed E-state index contributed by atoms with van der Waals surface area (Å²) in [7, 11) is -3.70. The van der Waals surface area contributed by atoms with Crippen LogP contribution >= 0.6 is 0 Å². The van der Waals surface area contributed by atoms with Crippen LogP contribution in [0.2, 0.25) is 0 Å². The van der Waals surface area contributed by atoms with E-state index in [-0.39, 0.29) is 17.0 Å². The van der Waals surface area contributed by atoms with Crippen LogP contribution in [0.15, 0.2) is 29.2 Å². The summed E-state index contributed by atoms with van der Waals surface area (Å²) in [6.45, 7) is 0. The minimum absolute atomic E-state index is 0.0939. The Morgan fingerprint density at radius 1 is 1.31 bits per heavy atom. The van der Waals surface area contributed by atoms with Crippen molar-refractivity contribution in [2.75, 3.05) is 5.32 Å². The van der Waals surface area contributed by atoms with E-state index in [1.807, 2.05) is 0 Å². The topological polar surface area (TPSA) is 92.4 Å². The molecule has 1 aromatic carbocycles. The summed E-state index contributed by atoms with van der Waals surface area (Å²) in [5.74, 6) is 0. The van der Waals surface area contributed by atoms with Crippen molar-refractivity contribution in [2.24, 2.45) is 5.14 Å². The Morgan fingerprint density at radius 2 is 1.94 bits per heavy atom. The third kappa shape index (κ3) is 2.34. The van der Waals surface area contributed by atoms with Gasteiger partial charge in [0.1, 0.15) is 4.90 Å². The van der Waals surface area contributed by atoms with Gasteiger partial charge in [-0.15, -0.1) is 0 Å². The highest BCUT2D eigenvalue weighted by Gasteiger charge is 2.28. The zero-order valence-electron chi connectivity index (χ0n) is 8.63. The molecule has 2 rings (SSSR count). The van der Waals surface area contributed by atoms with Crippen LogP contribution in [0.1, 0.15) is 12.8 Å². The number of hydrogen-bond acceptors (Lipinski definition) is 4. The van der Waals surface area contributed by atoms with Crippen molar-refractivity contribution in [3.8, 4) is 0 Å². The second-order valence-corrected chi connectivity index (χ2v) is 5.54. The van der Waals surface area contributed by atoms with Gasteiger partial charge in [0.2, 0.25) is 10.0 Å². The van der Waals surface area contributed by atoms with Crippen LogP contribution in [0.25, 0.3) is 0 Å². The van der Waals surface area contributed by atoms with Gasteiger partial charge >= 0.3 is 0 Å². The van der Waals surface area contributed by atoms with Gasteiger partial charge in [0.25, 0.3) is 0 Å². The molecule has 0 spiro atoms. The lowest BCUT2D eigenvalue weighted by atomic mass is 9.89. The highest BCUT2D eigenvalue weighted by Crippen LogP contribution is 2.27. The summed E-state index contributed by atoms with van der Waals surface area (Å²) in [6.07, 6.45) is 0.997. The molecule has 88 valence electrons. The lowest BCUT2D eigenvalue weighted by molar-refractivity contribution is 0.0836. The molecular formula is C10H14N2O3S. The molecule has 0 atom stereocenters. The number of nitrogens with two attached hydrogens (primary N) is 1. The number of rotatable bonds is 3. The maximum atomic E-state index is 11.3. The van der Waals surface area contributed by atoms with Crippen molar-refractivity contribution in [1.82, 2.24) is 0 Å². The Morgan fingerprint density at radius 3 is 2.50 bits per heavy atom. The molecule has 6 heteroatoms. The number of primary sulfonamides is 1. The van der Waals surface area contributed by atoms with Crippen LogP contribution < -0.4 is 10.5 Å². The number of nitrogens with one attached hydrogen (secondary N) is 1.